The summed E-state index contributed by atoms with van der Waals surface area (Å²) in [6, 6.07) is 5.18. The van der Waals surface area contributed by atoms with Gasteiger partial charge >= 0.3 is 5.97 Å². The lowest BCUT2D eigenvalue weighted by atomic mass is 10.1. The zero-order chi connectivity index (χ0) is 12.1. The summed E-state index contributed by atoms with van der Waals surface area (Å²) in [4.78, 5) is 10.6. The minimum Gasteiger partial charge on any atom is -0.492 e. The number of benzene rings is 1. The van der Waals surface area contributed by atoms with Crippen molar-refractivity contribution in [2.45, 2.75) is 13.8 Å². The maximum Gasteiger partial charge on any atom is 0.331 e. The Kier molecular flexibility index (Phi) is 4.38. The van der Waals surface area contributed by atoms with E-state index in [1.165, 1.54) is 6.92 Å². The fourth-order valence-electron chi connectivity index (χ4n) is 1.19. The molecule has 0 amide bonds. The topological polar surface area (TPSA) is 46.5 Å². The van der Waals surface area contributed by atoms with E-state index in [2.05, 4.69) is 0 Å². The molecule has 0 spiro atoms. The Hall–Kier alpha value is -1.48. The van der Waals surface area contributed by atoms with Gasteiger partial charge in [-0.2, -0.15) is 0 Å². The maximum absolute atomic E-state index is 10.6. The van der Waals surface area contributed by atoms with Gasteiger partial charge in [0.2, 0.25) is 0 Å². The lowest BCUT2D eigenvalue weighted by Gasteiger charge is -2.05. The van der Waals surface area contributed by atoms with Crippen molar-refractivity contribution in [3.63, 3.8) is 0 Å². The monoisotopic (exact) mass is 240 g/mol. The van der Waals surface area contributed by atoms with E-state index in [-0.39, 0.29) is 5.57 Å². The van der Waals surface area contributed by atoms with Crippen molar-refractivity contribution >= 4 is 23.6 Å². The molecule has 1 rings (SSSR count). The molecule has 4 heteroatoms. The lowest BCUT2D eigenvalue weighted by Crippen LogP contribution is -1.96. The van der Waals surface area contributed by atoms with Crippen molar-refractivity contribution in [3.05, 3.63) is 34.4 Å². The van der Waals surface area contributed by atoms with Crippen LogP contribution in [0.25, 0.3) is 6.08 Å². The third-order valence-electron chi connectivity index (χ3n) is 1.98. The Bertz CT molecular complexity index is 424. The maximum atomic E-state index is 10.6. The standard InChI is InChI=1S/C12H13ClO3/c1-3-16-11-5-4-9(7-10(11)13)6-8(2)12(14)15/h4-7H,3H2,1-2H3,(H,14,15)/b8-6+. The Labute approximate surface area is 99.3 Å². The van der Waals surface area contributed by atoms with Gasteiger partial charge in [-0.15, -0.1) is 0 Å². The Morgan fingerprint density at radius 1 is 1.56 bits per heavy atom. The van der Waals surface area contributed by atoms with Crippen LogP contribution in [0.5, 0.6) is 5.75 Å². The molecule has 0 aliphatic rings. The molecule has 0 aliphatic carbocycles. The van der Waals surface area contributed by atoms with E-state index in [1.807, 2.05) is 6.92 Å². The smallest absolute Gasteiger partial charge is 0.331 e. The second-order valence-electron chi connectivity index (χ2n) is 3.26. The van der Waals surface area contributed by atoms with Gasteiger partial charge in [0, 0.05) is 5.57 Å². The summed E-state index contributed by atoms with van der Waals surface area (Å²) in [6.45, 7) is 3.95. The van der Waals surface area contributed by atoms with Crippen LogP contribution in [0.2, 0.25) is 5.02 Å². The molecule has 0 unspecified atom stereocenters. The van der Waals surface area contributed by atoms with Crippen LogP contribution in [-0.4, -0.2) is 17.7 Å². The minimum absolute atomic E-state index is 0.264. The summed E-state index contributed by atoms with van der Waals surface area (Å²) in [5, 5.41) is 9.21. The first kappa shape index (κ1) is 12.6. The highest BCUT2D eigenvalue weighted by Gasteiger charge is 2.03. The molecule has 0 heterocycles. The fraction of sp³-hybridized carbons (Fsp3) is 0.250. The van der Waals surface area contributed by atoms with Crippen molar-refractivity contribution in [1.29, 1.82) is 0 Å². The molecule has 1 N–H and O–H groups in total. The van der Waals surface area contributed by atoms with E-state index >= 15 is 0 Å². The molecule has 0 fully saturated rings. The molecule has 1 aromatic carbocycles. The highest BCUT2D eigenvalue weighted by Crippen LogP contribution is 2.26. The van der Waals surface area contributed by atoms with Crippen molar-refractivity contribution in [3.8, 4) is 5.75 Å². The molecule has 16 heavy (non-hydrogen) atoms. The van der Waals surface area contributed by atoms with Gasteiger partial charge in [-0.25, -0.2) is 4.79 Å². The average molecular weight is 241 g/mol. The van der Waals surface area contributed by atoms with Crippen LogP contribution >= 0.6 is 11.6 Å². The van der Waals surface area contributed by atoms with Crippen LogP contribution < -0.4 is 4.74 Å². The molecule has 0 aromatic heterocycles. The van der Waals surface area contributed by atoms with E-state index in [1.54, 1.807) is 24.3 Å². The largest absolute Gasteiger partial charge is 0.492 e. The molecule has 0 saturated carbocycles. The molecule has 0 saturated heterocycles. The number of rotatable bonds is 4. The van der Waals surface area contributed by atoms with Crippen molar-refractivity contribution in [2.24, 2.45) is 0 Å². The van der Waals surface area contributed by atoms with Gasteiger partial charge in [-0.1, -0.05) is 17.7 Å². The summed E-state index contributed by atoms with van der Waals surface area (Å²) >= 11 is 5.97. The molecule has 3 nitrogen and oxygen atoms in total. The molecule has 0 bridgehead atoms. The van der Waals surface area contributed by atoms with Gasteiger partial charge in [0.25, 0.3) is 0 Å². The van der Waals surface area contributed by atoms with Crippen molar-refractivity contribution in [2.75, 3.05) is 6.61 Å². The van der Waals surface area contributed by atoms with Crippen LogP contribution in [0.1, 0.15) is 19.4 Å². The second-order valence-corrected chi connectivity index (χ2v) is 3.66. The van der Waals surface area contributed by atoms with Crippen LogP contribution in [0, 0.1) is 0 Å². The highest BCUT2D eigenvalue weighted by atomic mass is 35.5. The number of carbonyl (C=O) groups is 1. The summed E-state index contributed by atoms with van der Waals surface area (Å²) in [5.41, 5.74) is 1.01. The number of hydrogen-bond donors (Lipinski definition) is 1. The minimum atomic E-state index is -0.940. The quantitative estimate of drug-likeness (QED) is 0.822. The Morgan fingerprint density at radius 2 is 2.25 bits per heavy atom. The molecule has 1 aromatic rings. The van der Waals surface area contributed by atoms with Crippen LogP contribution in [0.15, 0.2) is 23.8 Å². The molecule has 0 atom stereocenters. The summed E-state index contributed by atoms with van der Waals surface area (Å²) in [7, 11) is 0. The Balaban J connectivity index is 2.97. The normalized spacial score (nSPS) is 11.3. The zero-order valence-electron chi connectivity index (χ0n) is 9.16. The van der Waals surface area contributed by atoms with Gasteiger partial charge in [0.15, 0.2) is 0 Å². The van der Waals surface area contributed by atoms with Crippen LogP contribution in [0.4, 0.5) is 0 Å². The third-order valence-corrected chi connectivity index (χ3v) is 2.27. The summed E-state index contributed by atoms with van der Waals surface area (Å²) < 4.78 is 5.28. The first-order chi connectivity index (χ1) is 7.54. The third kappa shape index (κ3) is 3.28. The number of aliphatic carboxylic acids is 1. The second kappa shape index (κ2) is 5.56. The number of ether oxygens (including phenoxy) is 1. The average Bonchev–Trinajstić information content (AvgIpc) is 2.22. The van der Waals surface area contributed by atoms with E-state index in [9.17, 15) is 4.79 Å². The molecular formula is C12H13ClO3. The van der Waals surface area contributed by atoms with Gasteiger partial charge in [0.05, 0.1) is 11.6 Å². The summed E-state index contributed by atoms with van der Waals surface area (Å²) in [5.74, 6) is -0.334. The van der Waals surface area contributed by atoms with E-state index in [0.29, 0.717) is 17.4 Å². The van der Waals surface area contributed by atoms with Crippen LogP contribution in [-0.2, 0) is 4.79 Å². The van der Waals surface area contributed by atoms with E-state index in [4.69, 9.17) is 21.4 Å². The van der Waals surface area contributed by atoms with Crippen molar-refractivity contribution in [1.82, 2.24) is 0 Å². The van der Waals surface area contributed by atoms with Gasteiger partial charge in [-0.3, -0.25) is 0 Å². The fourth-order valence-corrected chi connectivity index (χ4v) is 1.43. The molecule has 0 aliphatic heterocycles. The number of carboxylic acids is 1. The van der Waals surface area contributed by atoms with Gasteiger partial charge in [-0.05, 0) is 37.6 Å². The van der Waals surface area contributed by atoms with Gasteiger partial charge < -0.3 is 9.84 Å². The molecular weight excluding hydrogens is 228 g/mol. The molecule has 86 valence electrons. The Morgan fingerprint density at radius 3 is 2.75 bits per heavy atom. The van der Waals surface area contributed by atoms with Crippen LogP contribution in [0.3, 0.4) is 0 Å². The predicted octanol–water partition coefficient (Wildman–Crippen LogP) is 3.23. The first-order valence-electron chi connectivity index (χ1n) is 4.88. The van der Waals surface area contributed by atoms with Crippen molar-refractivity contribution < 1.29 is 14.6 Å². The predicted molar refractivity (Wildman–Crippen MR) is 63.9 cm³/mol. The number of carboxylic acid groups (broad SMARTS) is 1. The SMILES string of the molecule is CCOc1ccc(/C=C(\C)C(=O)O)cc1Cl. The molecule has 0 radical (unpaired) electrons. The highest BCUT2D eigenvalue weighted by molar-refractivity contribution is 6.32. The van der Waals surface area contributed by atoms with Gasteiger partial charge in [0.1, 0.15) is 5.75 Å². The first-order valence-corrected chi connectivity index (χ1v) is 5.26. The summed E-state index contributed by atoms with van der Waals surface area (Å²) in [6.07, 6.45) is 1.56. The van der Waals surface area contributed by atoms with E-state index in [0.717, 1.165) is 5.56 Å². The number of hydrogen-bond acceptors (Lipinski definition) is 2. The van der Waals surface area contributed by atoms with E-state index < -0.39 is 5.97 Å². The zero-order valence-corrected chi connectivity index (χ0v) is 9.91. The lowest BCUT2D eigenvalue weighted by molar-refractivity contribution is -0.132. The number of halogens is 1.